The highest BCUT2D eigenvalue weighted by atomic mass is 127. The molecule has 1 saturated heterocycles. The van der Waals surface area contributed by atoms with E-state index in [2.05, 4.69) is 70.9 Å². The third-order valence-corrected chi connectivity index (χ3v) is 5.30. The van der Waals surface area contributed by atoms with Gasteiger partial charge in [0.1, 0.15) is 0 Å². The van der Waals surface area contributed by atoms with Crippen molar-refractivity contribution in [2.24, 2.45) is 0 Å². The van der Waals surface area contributed by atoms with Gasteiger partial charge in [-0.15, -0.1) is 0 Å². The van der Waals surface area contributed by atoms with Gasteiger partial charge in [-0.1, -0.05) is 12.1 Å². The minimum absolute atomic E-state index is 0.475. The molecule has 1 heterocycles. The van der Waals surface area contributed by atoms with Crippen molar-refractivity contribution >= 4 is 34.4 Å². The van der Waals surface area contributed by atoms with Crippen LogP contribution in [0.4, 0.5) is 0 Å². The Morgan fingerprint density at radius 2 is 2.12 bits per heavy atom. The van der Waals surface area contributed by atoms with E-state index in [0.29, 0.717) is 4.75 Å². The van der Waals surface area contributed by atoms with Crippen molar-refractivity contribution in [1.29, 1.82) is 0 Å². The van der Waals surface area contributed by atoms with Crippen LogP contribution in [0.15, 0.2) is 24.3 Å². The molecule has 1 aliphatic rings. The van der Waals surface area contributed by atoms with Gasteiger partial charge in [-0.3, -0.25) is 0 Å². The first kappa shape index (κ1) is 12.7. The summed E-state index contributed by atoms with van der Waals surface area (Å²) in [5.74, 6) is 1.34. The van der Waals surface area contributed by atoms with Crippen LogP contribution in [0.25, 0.3) is 0 Å². The highest BCUT2D eigenvalue weighted by Gasteiger charge is 2.28. The smallest absolute Gasteiger partial charge is 0.0256 e. The van der Waals surface area contributed by atoms with Gasteiger partial charge in [0.25, 0.3) is 0 Å². The normalized spacial score (nSPS) is 24.9. The van der Waals surface area contributed by atoms with Crippen LogP contribution in [0.2, 0.25) is 0 Å². The van der Waals surface area contributed by atoms with Crippen LogP contribution in [0, 0.1) is 3.57 Å². The summed E-state index contributed by atoms with van der Waals surface area (Å²) in [5, 5.41) is 3.58. The maximum Gasteiger partial charge on any atom is 0.0256 e. The zero-order valence-electron chi connectivity index (χ0n) is 9.63. The van der Waals surface area contributed by atoms with Crippen molar-refractivity contribution < 1.29 is 0 Å². The van der Waals surface area contributed by atoms with Gasteiger partial charge in [0.15, 0.2) is 0 Å². The minimum Gasteiger partial charge on any atom is -0.311 e. The zero-order chi connectivity index (χ0) is 11.4. The summed E-state index contributed by atoms with van der Waals surface area (Å²) in [6.07, 6.45) is 2.74. The molecule has 1 unspecified atom stereocenters. The topological polar surface area (TPSA) is 12.0 Å². The van der Waals surface area contributed by atoms with Crippen molar-refractivity contribution in [2.45, 2.75) is 31.1 Å². The van der Waals surface area contributed by atoms with E-state index in [0.717, 1.165) is 13.1 Å². The molecule has 0 spiro atoms. The van der Waals surface area contributed by atoms with Crippen LogP contribution in [0.5, 0.6) is 0 Å². The Hall–Kier alpha value is 0.260. The largest absolute Gasteiger partial charge is 0.311 e. The van der Waals surface area contributed by atoms with Crippen LogP contribution in [0.1, 0.15) is 25.3 Å². The summed E-state index contributed by atoms with van der Waals surface area (Å²) in [7, 11) is 0. The quantitative estimate of drug-likeness (QED) is 0.835. The number of hydrogen-bond donors (Lipinski definition) is 1. The fourth-order valence-corrected chi connectivity index (χ4v) is 3.68. The van der Waals surface area contributed by atoms with Crippen molar-refractivity contribution in [2.75, 3.05) is 12.3 Å². The van der Waals surface area contributed by atoms with E-state index in [1.807, 2.05) is 0 Å². The maximum absolute atomic E-state index is 3.58. The molecule has 2 rings (SSSR count). The molecule has 3 heteroatoms. The van der Waals surface area contributed by atoms with Crippen molar-refractivity contribution in [1.82, 2.24) is 5.32 Å². The fourth-order valence-electron chi connectivity index (χ4n) is 2.05. The van der Waals surface area contributed by atoms with Crippen LogP contribution >= 0.6 is 34.4 Å². The first-order valence-electron chi connectivity index (χ1n) is 5.77. The highest BCUT2D eigenvalue weighted by Crippen LogP contribution is 2.36. The van der Waals surface area contributed by atoms with E-state index < -0.39 is 0 Å². The van der Waals surface area contributed by atoms with Gasteiger partial charge in [-0.25, -0.2) is 0 Å². The zero-order valence-corrected chi connectivity index (χ0v) is 12.6. The Bertz CT molecular complexity index is 330. The molecule has 1 aliphatic heterocycles. The Kier molecular flexibility index (Phi) is 4.56. The molecule has 88 valence electrons. The number of hydrogen-bond acceptors (Lipinski definition) is 2. The van der Waals surface area contributed by atoms with Gasteiger partial charge in [0, 0.05) is 21.4 Å². The van der Waals surface area contributed by atoms with Gasteiger partial charge in [0.05, 0.1) is 0 Å². The van der Waals surface area contributed by atoms with Crippen molar-refractivity contribution in [3.05, 3.63) is 33.4 Å². The van der Waals surface area contributed by atoms with Crippen LogP contribution in [-0.2, 0) is 6.54 Å². The fraction of sp³-hybridized carbons (Fsp3) is 0.538. The predicted molar refractivity (Wildman–Crippen MR) is 81.0 cm³/mol. The molecule has 0 bridgehead atoms. The lowest BCUT2D eigenvalue weighted by molar-refractivity contribution is 0.537. The average Bonchev–Trinajstić information content (AvgIpc) is 2.69. The third kappa shape index (κ3) is 3.64. The molecule has 1 aromatic rings. The Balaban J connectivity index is 1.77. The molecule has 16 heavy (non-hydrogen) atoms. The number of halogens is 1. The summed E-state index contributed by atoms with van der Waals surface area (Å²) in [5.41, 5.74) is 1.38. The van der Waals surface area contributed by atoms with E-state index in [1.54, 1.807) is 0 Å². The van der Waals surface area contributed by atoms with Gasteiger partial charge >= 0.3 is 0 Å². The summed E-state index contributed by atoms with van der Waals surface area (Å²) >= 11 is 4.46. The Morgan fingerprint density at radius 3 is 2.75 bits per heavy atom. The van der Waals surface area contributed by atoms with Gasteiger partial charge < -0.3 is 5.32 Å². The monoisotopic (exact) mass is 347 g/mol. The molecule has 0 aliphatic carbocycles. The van der Waals surface area contributed by atoms with E-state index in [9.17, 15) is 0 Å². The molecule has 0 aromatic heterocycles. The summed E-state index contributed by atoms with van der Waals surface area (Å²) in [6.45, 7) is 4.50. The number of nitrogens with one attached hydrogen (secondary N) is 1. The lowest BCUT2D eigenvalue weighted by Gasteiger charge is -2.23. The lowest BCUT2D eigenvalue weighted by Crippen LogP contribution is -2.32. The Labute approximate surface area is 116 Å². The molecular weight excluding hydrogens is 329 g/mol. The summed E-state index contributed by atoms with van der Waals surface area (Å²) < 4.78 is 1.78. The first-order valence-corrected chi connectivity index (χ1v) is 7.84. The molecule has 1 fully saturated rings. The average molecular weight is 347 g/mol. The number of rotatable bonds is 4. The Morgan fingerprint density at radius 1 is 1.38 bits per heavy atom. The standard InChI is InChI=1S/C13H18INS/c1-13(7-2-8-16-13)10-15-9-11-3-5-12(14)6-4-11/h3-6,15H,2,7-10H2,1H3. The van der Waals surface area contributed by atoms with Crippen molar-refractivity contribution in [3.8, 4) is 0 Å². The molecule has 0 saturated carbocycles. The van der Waals surface area contributed by atoms with Gasteiger partial charge in [-0.2, -0.15) is 11.8 Å². The second kappa shape index (κ2) is 5.74. The SMILES string of the molecule is CC1(CNCc2ccc(I)cc2)CCCS1. The second-order valence-electron chi connectivity index (χ2n) is 4.63. The highest BCUT2D eigenvalue weighted by molar-refractivity contribution is 14.1. The first-order chi connectivity index (χ1) is 7.68. The van der Waals surface area contributed by atoms with Crippen LogP contribution in [0.3, 0.4) is 0 Å². The second-order valence-corrected chi connectivity index (χ2v) is 7.56. The van der Waals surface area contributed by atoms with Crippen molar-refractivity contribution in [3.63, 3.8) is 0 Å². The third-order valence-electron chi connectivity index (χ3n) is 3.04. The van der Waals surface area contributed by atoms with E-state index >= 15 is 0 Å². The molecule has 1 atom stereocenters. The predicted octanol–water partition coefficient (Wildman–Crippen LogP) is 3.67. The number of thioether (sulfide) groups is 1. The molecule has 0 amide bonds. The van der Waals surface area contributed by atoms with Gasteiger partial charge in [-0.05, 0) is 65.8 Å². The van der Waals surface area contributed by atoms with E-state index in [-0.39, 0.29) is 0 Å². The van der Waals surface area contributed by atoms with E-state index in [1.165, 1.54) is 27.7 Å². The molecule has 1 aromatic carbocycles. The molecular formula is C13H18INS. The maximum atomic E-state index is 3.58. The molecule has 1 N–H and O–H groups in total. The minimum atomic E-state index is 0.475. The van der Waals surface area contributed by atoms with Gasteiger partial charge in [0.2, 0.25) is 0 Å². The summed E-state index contributed by atoms with van der Waals surface area (Å²) in [4.78, 5) is 0. The lowest BCUT2D eigenvalue weighted by atomic mass is 10.1. The van der Waals surface area contributed by atoms with Crippen LogP contribution in [-0.4, -0.2) is 17.0 Å². The van der Waals surface area contributed by atoms with Crippen LogP contribution < -0.4 is 5.32 Å². The molecule has 1 nitrogen and oxygen atoms in total. The number of benzene rings is 1. The summed E-state index contributed by atoms with van der Waals surface area (Å²) in [6, 6.07) is 8.75. The molecule has 0 radical (unpaired) electrons. The van der Waals surface area contributed by atoms with E-state index in [4.69, 9.17) is 0 Å².